The van der Waals surface area contributed by atoms with Gasteiger partial charge < -0.3 is 5.32 Å². The van der Waals surface area contributed by atoms with Gasteiger partial charge in [-0.3, -0.25) is 0 Å². The number of rotatable bonds is 5. The van der Waals surface area contributed by atoms with E-state index in [0.717, 1.165) is 19.4 Å². The average Bonchev–Trinajstić information content (AvgIpc) is 2.26. The van der Waals surface area contributed by atoms with Crippen molar-refractivity contribution in [1.29, 1.82) is 5.26 Å². The van der Waals surface area contributed by atoms with Crippen LogP contribution in [0.25, 0.3) is 0 Å². The lowest BCUT2D eigenvalue weighted by Crippen LogP contribution is -2.28. The Bertz CT molecular complexity index is 287. The van der Waals surface area contributed by atoms with Gasteiger partial charge in [-0.1, -0.05) is 37.3 Å². The molecule has 1 atom stereocenters. The zero-order valence-electron chi connectivity index (χ0n) is 8.53. The van der Waals surface area contributed by atoms with Crippen LogP contribution in [0.15, 0.2) is 30.3 Å². The highest BCUT2D eigenvalue weighted by molar-refractivity contribution is 5.14. The molecule has 0 aliphatic carbocycles. The molecule has 14 heavy (non-hydrogen) atoms. The number of hydrogen-bond donors (Lipinski definition) is 1. The lowest BCUT2D eigenvalue weighted by Gasteiger charge is -2.08. The van der Waals surface area contributed by atoms with Crippen molar-refractivity contribution in [2.75, 3.05) is 6.54 Å². The fraction of sp³-hybridized carbons (Fsp3) is 0.417. The molecule has 1 aromatic rings. The molecule has 0 heterocycles. The van der Waals surface area contributed by atoms with Crippen LogP contribution in [0.5, 0.6) is 0 Å². The van der Waals surface area contributed by atoms with Gasteiger partial charge in [0.2, 0.25) is 0 Å². The highest BCUT2D eigenvalue weighted by Gasteiger charge is 2.01. The average molecular weight is 188 g/mol. The summed E-state index contributed by atoms with van der Waals surface area (Å²) in [6, 6.07) is 12.5. The summed E-state index contributed by atoms with van der Waals surface area (Å²) in [5.74, 6) is 0. The maximum Gasteiger partial charge on any atom is 0.0950 e. The molecule has 0 amide bonds. The summed E-state index contributed by atoms with van der Waals surface area (Å²) in [6.45, 7) is 2.89. The molecular formula is C12H16N2. The predicted octanol–water partition coefficient (Wildman–Crippen LogP) is 2.12. The van der Waals surface area contributed by atoms with E-state index in [1.165, 1.54) is 5.56 Å². The minimum Gasteiger partial charge on any atom is -0.302 e. The smallest absolute Gasteiger partial charge is 0.0950 e. The van der Waals surface area contributed by atoms with Crippen molar-refractivity contribution in [2.45, 2.75) is 25.8 Å². The van der Waals surface area contributed by atoms with Gasteiger partial charge in [0.1, 0.15) is 0 Å². The van der Waals surface area contributed by atoms with Crippen LogP contribution in [-0.2, 0) is 6.42 Å². The summed E-state index contributed by atoms with van der Waals surface area (Å²) in [7, 11) is 0. The van der Waals surface area contributed by atoms with Gasteiger partial charge in [0.15, 0.2) is 0 Å². The standard InChI is InChI=1S/C12H16N2/c1-2-12(10-13)14-9-8-11-6-4-3-5-7-11/h3-7,12,14H,2,8-9H2,1H3. The zero-order valence-corrected chi connectivity index (χ0v) is 8.53. The number of nitrogens with zero attached hydrogens (tertiary/aromatic N) is 1. The molecule has 0 fully saturated rings. The molecule has 1 unspecified atom stereocenters. The molecule has 0 aromatic heterocycles. The molecule has 0 aliphatic rings. The fourth-order valence-electron chi connectivity index (χ4n) is 1.32. The van der Waals surface area contributed by atoms with Gasteiger partial charge in [-0.2, -0.15) is 5.26 Å². The third-order valence-corrected chi connectivity index (χ3v) is 2.21. The van der Waals surface area contributed by atoms with Crippen molar-refractivity contribution in [3.05, 3.63) is 35.9 Å². The Hall–Kier alpha value is -1.33. The summed E-state index contributed by atoms with van der Waals surface area (Å²) in [6.07, 6.45) is 1.85. The predicted molar refractivity (Wildman–Crippen MR) is 57.8 cm³/mol. The molecule has 2 nitrogen and oxygen atoms in total. The van der Waals surface area contributed by atoms with Crippen molar-refractivity contribution < 1.29 is 0 Å². The molecule has 0 bridgehead atoms. The van der Waals surface area contributed by atoms with Crippen molar-refractivity contribution in [2.24, 2.45) is 0 Å². The van der Waals surface area contributed by atoms with Crippen LogP contribution in [-0.4, -0.2) is 12.6 Å². The minimum atomic E-state index is -0.00119. The maximum atomic E-state index is 8.71. The second-order valence-electron chi connectivity index (χ2n) is 3.28. The van der Waals surface area contributed by atoms with Crippen LogP contribution in [0.3, 0.4) is 0 Å². The second kappa shape index (κ2) is 6.17. The first-order chi connectivity index (χ1) is 6.86. The summed E-state index contributed by atoms with van der Waals surface area (Å²) in [5, 5.41) is 11.9. The highest BCUT2D eigenvalue weighted by Crippen LogP contribution is 1.98. The van der Waals surface area contributed by atoms with Crippen molar-refractivity contribution in [3.63, 3.8) is 0 Å². The Labute approximate surface area is 85.6 Å². The van der Waals surface area contributed by atoms with Crippen molar-refractivity contribution in [1.82, 2.24) is 5.32 Å². The van der Waals surface area contributed by atoms with E-state index in [0.29, 0.717) is 0 Å². The van der Waals surface area contributed by atoms with E-state index < -0.39 is 0 Å². The molecule has 0 radical (unpaired) electrons. The second-order valence-corrected chi connectivity index (χ2v) is 3.28. The van der Waals surface area contributed by atoms with E-state index in [2.05, 4.69) is 23.5 Å². The van der Waals surface area contributed by atoms with Crippen LogP contribution < -0.4 is 5.32 Å². The van der Waals surface area contributed by atoms with Crippen LogP contribution in [0.4, 0.5) is 0 Å². The van der Waals surface area contributed by atoms with Gasteiger partial charge in [-0.25, -0.2) is 0 Å². The maximum absolute atomic E-state index is 8.71. The number of hydrogen-bond acceptors (Lipinski definition) is 2. The lowest BCUT2D eigenvalue weighted by atomic mass is 10.1. The van der Waals surface area contributed by atoms with Crippen molar-refractivity contribution in [3.8, 4) is 6.07 Å². The Morgan fingerprint density at radius 2 is 2.07 bits per heavy atom. The molecule has 2 heteroatoms. The van der Waals surface area contributed by atoms with E-state index in [1.54, 1.807) is 0 Å². The lowest BCUT2D eigenvalue weighted by molar-refractivity contribution is 0.588. The molecule has 74 valence electrons. The van der Waals surface area contributed by atoms with Gasteiger partial charge in [-0.05, 0) is 18.4 Å². The first-order valence-corrected chi connectivity index (χ1v) is 5.03. The van der Waals surface area contributed by atoms with E-state index in [1.807, 2.05) is 25.1 Å². The third-order valence-electron chi connectivity index (χ3n) is 2.21. The summed E-state index contributed by atoms with van der Waals surface area (Å²) in [4.78, 5) is 0. The highest BCUT2D eigenvalue weighted by atomic mass is 14.9. The molecular weight excluding hydrogens is 172 g/mol. The molecule has 0 spiro atoms. The first-order valence-electron chi connectivity index (χ1n) is 5.03. The largest absolute Gasteiger partial charge is 0.302 e. The van der Waals surface area contributed by atoms with Crippen LogP contribution in [0, 0.1) is 11.3 Å². The quantitative estimate of drug-likeness (QED) is 0.768. The SMILES string of the molecule is CCC(C#N)NCCc1ccccc1. The van der Waals surface area contributed by atoms with Gasteiger partial charge >= 0.3 is 0 Å². The van der Waals surface area contributed by atoms with Gasteiger partial charge in [-0.15, -0.1) is 0 Å². The molecule has 1 rings (SSSR count). The van der Waals surface area contributed by atoms with E-state index >= 15 is 0 Å². The minimum absolute atomic E-state index is 0.00119. The number of benzene rings is 1. The third kappa shape index (κ3) is 3.59. The molecule has 1 aromatic carbocycles. The topological polar surface area (TPSA) is 35.8 Å². The Morgan fingerprint density at radius 3 is 2.64 bits per heavy atom. The van der Waals surface area contributed by atoms with Crippen LogP contribution in [0.1, 0.15) is 18.9 Å². The first kappa shape index (κ1) is 10.7. The Kier molecular flexibility index (Phi) is 4.74. The monoisotopic (exact) mass is 188 g/mol. The molecule has 1 N–H and O–H groups in total. The van der Waals surface area contributed by atoms with Gasteiger partial charge in [0, 0.05) is 6.54 Å². The van der Waals surface area contributed by atoms with E-state index in [-0.39, 0.29) is 6.04 Å². The summed E-state index contributed by atoms with van der Waals surface area (Å²) < 4.78 is 0. The zero-order chi connectivity index (χ0) is 10.2. The normalized spacial score (nSPS) is 12.0. The van der Waals surface area contributed by atoms with Crippen molar-refractivity contribution >= 4 is 0 Å². The van der Waals surface area contributed by atoms with Crippen LogP contribution in [0.2, 0.25) is 0 Å². The molecule has 0 saturated carbocycles. The summed E-state index contributed by atoms with van der Waals surface area (Å²) in [5.41, 5.74) is 1.31. The van der Waals surface area contributed by atoms with Crippen LogP contribution >= 0.6 is 0 Å². The van der Waals surface area contributed by atoms with Gasteiger partial charge in [0.05, 0.1) is 12.1 Å². The van der Waals surface area contributed by atoms with E-state index in [4.69, 9.17) is 5.26 Å². The summed E-state index contributed by atoms with van der Waals surface area (Å²) >= 11 is 0. The Balaban J connectivity index is 2.26. The number of nitrogens with one attached hydrogen (secondary N) is 1. The fourth-order valence-corrected chi connectivity index (χ4v) is 1.32. The van der Waals surface area contributed by atoms with E-state index in [9.17, 15) is 0 Å². The molecule has 0 aliphatic heterocycles. The van der Waals surface area contributed by atoms with Gasteiger partial charge in [0.25, 0.3) is 0 Å². The molecule has 0 saturated heterocycles. The Morgan fingerprint density at radius 1 is 1.36 bits per heavy atom. The number of nitriles is 1.